The Morgan fingerprint density at radius 2 is 2.00 bits per heavy atom. The summed E-state index contributed by atoms with van der Waals surface area (Å²) in [7, 11) is 3.04. The number of carbonyl (C=O) groups excluding carboxylic acids is 1. The van der Waals surface area contributed by atoms with E-state index in [1.807, 2.05) is 0 Å². The van der Waals surface area contributed by atoms with Crippen LogP contribution in [0.5, 0.6) is 11.5 Å². The van der Waals surface area contributed by atoms with E-state index in [0.717, 1.165) is 0 Å². The third-order valence-electron chi connectivity index (χ3n) is 2.74. The molecule has 1 aromatic carbocycles. The Morgan fingerprint density at radius 1 is 1.21 bits per heavy atom. The summed E-state index contributed by atoms with van der Waals surface area (Å²) in [6.07, 6.45) is 0. The minimum Gasteiger partial charge on any atom is -0.497 e. The summed E-state index contributed by atoms with van der Waals surface area (Å²) in [4.78, 5) is 12.4. The van der Waals surface area contributed by atoms with Crippen molar-refractivity contribution in [2.45, 2.75) is 6.54 Å². The largest absolute Gasteiger partial charge is 0.497 e. The summed E-state index contributed by atoms with van der Waals surface area (Å²) >= 11 is 0. The van der Waals surface area contributed by atoms with Gasteiger partial charge in [0.15, 0.2) is 5.76 Å². The standard InChI is InChI=1S/C14H15NO4/c1-17-9-3-5-12(18-2)11(7-9)14(16)13-6-4-10(8-15)19-13/h3-7H,8,15H2,1-2H3. The van der Waals surface area contributed by atoms with Crippen LogP contribution < -0.4 is 15.2 Å². The van der Waals surface area contributed by atoms with Gasteiger partial charge in [0.05, 0.1) is 26.3 Å². The van der Waals surface area contributed by atoms with Crippen molar-refractivity contribution in [1.82, 2.24) is 0 Å². The molecule has 1 aromatic heterocycles. The Kier molecular flexibility index (Phi) is 3.87. The first-order chi connectivity index (χ1) is 9.19. The van der Waals surface area contributed by atoms with Crippen molar-refractivity contribution in [3.63, 3.8) is 0 Å². The molecule has 0 atom stereocenters. The van der Waals surface area contributed by atoms with Crippen LogP contribution in [0.4, 0.5) is 0 Å². The zero-order valence-corrected chi connectivity index (χ0v) is 10.8. The van der Waals surface area contributed by atoms with Crippen LogP contribution in [0.25, 0.3) is 0 Å². The molecule has 0 aliphatic carbocycles. The number of methoxy groups -OCH3 is 2. The Labute approximate surface area is 110 Å². The fourth-order valence-electron chi connectivity index (χ4n) is 1.73. The molecule has 0 aliphatic rings. The van der Waals surface area contributed by atoms with Crippen molar-refractivity contribution in [2.24, 2.45) is 5.73 Å². The minimum atomic E-state index is -0.268. The third-order valence-corrected chi connectivity index (χ3v) is 2.74. The average Bonchev–Trinajstić information content (AvgIpc) is 2.94. The first-order valence-corrected chi connectivity index (χ1v) is 5.75. The van der Waals surface area contributed by atoms with E-state index in [0.29, 0.717) is 22.8 Å². The minimum absolute atomic E-state index is 0.229. The zero-order valence-electron chi connectivity index (χ0n) is 10.8. The van der Waals surface area contributed by atoms with E-state index in [4.69, 9.17) is 19.6 Å². The van der Waals surface area contributed by atoms with Gasteiger partial charge in [0.2, 0.25) is 5.78 Å². The summed E-state index contributed by atoms with van der Waals surface area (Å²) in [5.41, 5.74) is 5.84. The lowest BCUT2D eigenvalue weighted by Crippen LogP contribution is -2.03. The smallest absolute Gasteiger partial charge is 0.232 e. The maximum atomic E-state index is 12.4. The van der Waals surface area contributed by atoms with Crippen LogP contribution >= 0.6 is 0 Å². The zero-order chi connectivity index (χ0) is 13.8. The van der Waals surface area contributed by atoms with Gasteiger partial charge in [-0.25, -0.2) is 0 Å². The first-order valence-electron chi connectivity index (χ1n) is 5.75. The lowest BCUT2D eigenvalue weighted by molar-refractivity contribution is 0.100. The number of hydrogen-bond donors (Lipinski definition) is 1. The number of rotatable bonds is 5. The van der Waals surface area contributed by atoms with Crippen LogP contribution in [0.1, 0.15) is 21.9 Å². The van der Waals surface area contributed by atoms with Crippen molar-refractivity contribution in [3.05, 3.63) is 47.4 Å². The molecule has 0 aliphatic heterocycles. The molecule has 2 N–H and O–H groups in total. The van der Waals surface area contributed by atoms with Crippen molar-refractivity contribution in [2.75, 3.05) is 14.2 Å². The predicted octanol–water partition coefficient (Wildman–Crippen LogP) is 1.99. The van der Waals surface area contributed by atoms with Gasteiger partial charge in [0.25, 0.3) is 0 Å². The molecular formula is C14H15NO4. The summed E-state index contributed by atoms with van der Waals surface area (Å²) in [6.45, 7) is 0.253. The highest BCUT2D eigenvalue weighted by Gasteiger charge is 2.18. The van der Waals surface area contributed by atoms with Gasteiger partial charge in [-0.2, -0.15) is 0 Å². The molecule has 2 rings (SSSR count). The highest BCUT2D eigenvalue weighted by atomic mass is 16.5. The average molecular weight is 261 g/mol. The van der Waals surface area contributed by atoms with Crippen LogP contribution in [-0.4, -0.2) is 20.0 Å². The van der Waals surface area contributed by atoms with E-state index in [2.05, 4.69) is 0 Å². The van der Waals surface area contributed by atoms with Gasteiger partial charge in [-0.1, -0.05) is 0 Å². The van der Waals surface area contributed by atoms with E-state index in [1.165, 1.54) is 14.2 Å². The number of ether oxygens (including phenoxy) is 2. The number of hydrogen-bond acceptors (Lipinski definition) is 5. The molecule has 0 spiro atoms. The van der Waals surface area contributed by atoms with Crippen molar-refractivity contribution >= 4 is 5.78 Å². The maximum Gasteiger partial charge on any atom is 0.232 e. The summed E-state index contributed by atoms with van der Waals surface area (Å²) in [6, 6.07) is 8.30. The topological polar surface area (TPSA) is 74.7 Å². The lowest BCUT2D eigenvalue weighted by Gasteiger charge is -2.08. The second-order valence-corrected chi connectivity index (χ2v) is 3.87. The summed E-state index contributed by atoms with van der Waals surface area (Å²) in [5.74, 6) is 1.57. The van der Waals surface area contributed by atoms with Gasteiger partial charge >= 0.3 is 0 Å². The fraction of sp³-hybridized carbons (Fsp3) is 0.214. The quantitative estimate of drug-likeness (QED) is 0.833. The first kappa shape index (κ1) is 13.2. The van der Waals surface area contributed by atoms with Crippen LogP contribution in [-0.2, 0) is 6.54 Å². The molecule has 1 heterocycles. The molecule has 0 unspecified atom stereocenters. The molecule has 100 valence electrons. The Hall–Kier alpha value is -2.27. The van der Waals surface area contributed by atoms with Crippen molar-refractivity contribution < 1.29 is 18.7 Å². The molecule has 0 saturated heterocycles. The molecule has 0 amide bonds. The SMILES string of the molecule is COc1ccc(OC)c(C(=O)c2ccc(CN)o2)c1. The number of ketones is 1. The molecule has 5 nitrogen and oxygen atoms in total. The fourth-order valence-corrected chi connectivity index (χ4v) is 1.73. The normalized spacial score (nSPS) is 10.3. The van der Waals surface area contributed by atoms with Crippen molar-refractivity contribution in [1.29, 1.82) is 0 Å². The van der Waals surface area contributed by atoms with E-state index in [1.54, 1.807) is 30.3 Å². The second kappa shape index (κ2) is 5.58. The highest BCUT2D eigenvalue weighted by molar-refractivity contribution is 6.09. The summed E-state index contributed by atoms with van der Waals surface area (Å²) < 4.78 is 15.6. The Balaban J connectivity index is 2.41. The Morgan fingerprint density at radius 3 is 2.58 bits per heavy atom. The van der Waals surface area contributed by atoms with E-state index >= 15 is 0 Å². The second-order valence-electron chi connectivity index (χ2n) is 3.87. The van der Waals surface area contributed by atoms with Crippen LogP contribution in [0.2, 0.25) is 0 Å². The van der Waals surface area contributed by atoms with Crippen molar-refractivity contribution in [3.8, 4) is 11.5 Å². The number of nitrogens with two attached hydrogens (primary N) is 1. The molecule has 0 fully saturated rings. The van der Waals surface area contributed by atoms with Gasteiger partial charge in [-0.05, 0) is 30.3 Å². The third kappa shape index (κ3) is 2.61. The molecule has 2 aromatic rings. The number of carbonyl (C=O) groups is 1. The molecule has 0 bridgehead atoms. The molecule has 0 radical (unpaired) electrons. The highest BCUT2D eigenvalue weighted by Crippen LogP contribution is 2.26. The van der Waals surface area contributed by atoms with E-state index in [9.17, 15) is 4.79 Å². The van der Waals surface area contributed by atoms with Crippen LogP contribution in [0, 0.1) is 0 Å². The lowest BCUT2D eigenvalue weighted by atomic mass is 10.1. The van der Waals surface area contributed by atoms with Gasteiger partial charge in [0.1, 0.15) is 17.3 Å². The number of benzene rings is 1. The molecule has 0 saturated carbocycles. The van der Waals surface area contributed by atoms with Crippen LogP contribution in [0.3, 0.4) is 0 Å². The Bertz CT molecular complexity index is 589. The van der Waals surface area contributed by atoms with Gasteiger partial charge in [-0.3, -0.25) is 4.79 Å². The summed E-state index contributed by atoms with van der Waals surface area (Å²) in [5, 5.41) is 0. The molecule has 19 heavy (non-hydrogen) atoms. The van der Waals surface area contributed by atoms with Crippen LogP contribution in [0.15, 0.2) is 34.7 Å². The number of furan rings is 1. The predicted molar refractivity (Wildman–Crippen MR) is 69.6 cm³/mol. The van der Waals surface area contributed by atoms with E-state index < -0.39 is 0 Å². The molecular weight excluding hydrogens is 246 g/mol. The monoisotopic (exact) mass is 261 g/mol. The van der Waals surface area contributed by atoms with Gasteiger partial charge < -0.3 is 19.6 Å². The van der Waals surface area contributed by atoms with Gasteiger partial charge in [0, 0.05) is 0 Å². The maximum absolute atomic E-state index is 12.4. The van der Waals surface area contributed by atoms with Gasteiger partial charge in [-0.15, -0.1) is 0 Å². The van der Waals surface area contributed by atoms with E-state index in [-0.39, 0.29) is 18.1 Å². The molecule has 5 heteroatoms.